The smallest absolute Gasteiger partial charge is 0.321 e. The van der Waals surface area contributed by atoms with Crippen molar-refractivity contribution in [3.05, 3.63) is 30.1 Å². The van der Waals surface area contributed by atoms with Crippen molar-refractivity contribution < 1.29 is 19.1 Å². The maximum atomic E-state index is 13.0. The van der Waals surface area contributed by atoms with E-state index in [2.05, 4.69) is 5.32 Å². The topological polar surface area (TPSA) is 69.6 Å². The number of carboxylic acids is 1. The molecule has 1 unspecified atom stereocenters. The van der Waals surface area contributed by atoms with Crippen LogP contribution < -0.4 is 5.32 Å². The van der Waals surface area contributed by atoms with E-state index in [1.54, 1.807) is 13.0 Å². The number of carbonyl (C=O) groups is 2. The SMILES string of the molecule is CCN(CC(C)C(=O)O)C(=O)Nc1cccc(F)c1. The number of halogens is 1. The van der Waals surface area contributed by atoms with Gasteiger partial charge in [0.2, 0.25) is 0 Å². The van der Waals surface area contributed by atoms with E-state index in [-0.39, 0.29) is 6.54 Å². The molecule has 0 aliphatic heterocycles. The molecule has 0 fully saturated rings. The zero-order valence-corrected chi connectivity index (χ0v) is 10.9. The van der Waals surface area contributed by atoms with E-state index in [9.17, 15) is 14.0 Å². The monoisotopic (exact) mass is 268 g/mol. The molecule has 0 saturated heterocycles. The molecular formula is C13H17FN2O3. The molecule has 19 heavy (non-hydrogen) atoms. The summed E-state index contributed by atoms with van der Waals surface area (Å²) >= 11 is 0. The van der Waals surface area contributed by atoms with Gasteiger partial charge in [-0.15, -0.1) is 0 Å². The zero-order valence-electron chi connectivity index (χ0n) is 10.9. The first-order valence-electron chi connectivity index (χ1n) is 5.98. The number of carbonyl (C=O) groups excluding carboxylic acids is 1. The Kier molecular flexibility index (Phi) is 5.29. The van der Waals surface area contributed by atoms with Crippen LogP contribution in [0.15, 0.2) is 24.3 Å². The van der Waals surface area contributed by atoms with Crippen LogP contribution in [0.1, 0.15) is 13.8 Å². The fourth-order valence-electron chi connectivity index (χ4n) is 1.53. The summed E-state index contributed by atoms with van der Waals surface area (Å²) in [6.45, 7) is 3.76. The molecule has 0 saturated carbocycles. The van der Waals surface area contributed by atoms with Gasteiger partial charge >= 0.3 is 12.0 Å². The van der Waals surface area contributed by atoms with E-state index in [0.29, 0.717) is 12.2 Å². The van der Waals surface area contributed by atoms with Crippen LogP contribution in [0.3, 0.4) is 0 Å². The highest BCUT2D eigenvalue weighted by atomic mass is 19.1. The standard InChI is InChI=1S/C13H17FN2O3/c1-3-16(8-9(2)12(17)18)13(19)15-11-6-4-5-10(14)7-11/h4-7,9H,3,8H2,1-2H3,(H,15,19)(H,17,18). The molecule has 0 aliphatic rings. The Morgan fingerprint density at radius 2 is 2.16 bits per heavy atom. The quantitative estimate of drug-likeness (QED) is 0.861. The summed E-state index contributed by atoms with van der Waals surface area (Å²) in [6, 6.07) is 5.09. The normalized spacial score (nSPS) is 11.7. The zero-order chi connectivity index (χ0) is 14.4. The van der Waals surface area contributed by atoms with Gasteiger partial charge in [-0.2, -0.15) is 0 Å². The first-order chi connectivity index (χ1) is 8.93. The Hall–Kier alpha value is -2.11. The Labute approximate surface area is 111 Å². The largest absolute Gasteiger partial charge is 0.481 e. The lowest BCUT2D eigenvalue weighted by molar-refractivity contribution is -0.141. The number of hydrogen-bond donors (Lipinski definition) is 2. The number of anilines is 1. The second kappa shape index (κ2) is 6.72. The number of rotatable bonds is 5. The number of benzene rings is 1. The summed E-state index contributed by atoms with van der Waals surface area (Å²) in [7, 11) is 0. The lowest BCUT2D eigenvalue weighted by atomic mass is 10.2. The maximum Gasteiger partial charge on any atom is 0.321 e. The second-order valence-corrected chi connectivity index (χ2v) is 4.22. The minimum Gasteiger partial charge on any atom is -0.481 e. The van der Waals surface area contributed by atoms with Crippen molar-refractivity contribution in [3.8, 4) is 0 Å². The molecule has 0 bridgehead atoms. The summed E-state index contributed by atoms with van der Waals surface area (Å²) in [5, 5.41) is 11.4. The van der Waals surface area contributed by atoms with Gasteiger partial charge in [-0.05, 0) is 25.1 Å². The third kappa shape index (κ3) is 4.57. The van der Waals surface area contributed by atoms with Crippen molar-refractivity contribution in [3.63, 3.8) is 0 Å². The third-order valence-electron chi connectivity index (χ3n) is 2.66. The summed E-state index contributed by atoms with van der Waals surface area (Å²) < 4.78 is 13.0. The average molecular weight is 268 g/mol. The third-order valence-corrected chi connectivity index (χ3v) is 2.66. The van der Waals surface area contributed by atoms with Crippen LogP contribution in [0, 0.1) is 11.7 Å². The highest BCUT2D eigenvalue weighted by molar-refractivity contribution is 5.89. The summed E-state index contributed by atoms with van der Waals surface area (Å²) in [5.74, 6) is -2.06. The molecule has 1 aromatic rings. The van der Waals surface area contributed by atoms with E-state index < -0.39 is 23.7 Å². The van der Waals surface area contributed by atoms with Gasteiger partial charge in [0.05, 0.1) is 5.92 Å². The van der Waals surface area contributed by atoms with Crippen molar-refractivity contribution in [2.24, 2.45) is 5.92 Å². The van der Waals surface area contributed by atoms with Crippen LogP contribution in [0.4, 0.5) is 14.9 Å². The van der Waals surface area contributed by atoms with Crippen molar-refractivity contribution in [2.45, 2.75) is 13.8 Å². The molecule has 104 valence electrons. The van der Waals surface area contributed by atoms with Crippen molar-refractivity contribution in [2.75, 3.05) is 18.4 Å². The van der Waals surface area contributed by atoms with E-state index in [1.807, 2.05) is 0 Å². The molecule has 5 nitrogen and oxygen atoms in total. The van der Waals surface area contributed by atoms with Gasteiger partial charge in [-0.25, -0.2) is 9.18 Å². The molecule has 0 aliphatic carbocycles. The predicted molar refractivity (Wildman–Crippen MR) is 69.5 cm³/mol. The Morgan fingerprint density at radius 1 is 1.47 bits per heavy atom. The van der Waals surface area contributed by atoms with E-state index in [4.69, 9.17) is 5.11 Å². The molecular weight excluding hydrogens is 251 g/mol. The first-order valence-corrected chi connectivity index (χ1v) is 5.98. The van der Waals surface area contributed by atoms with E-state index >= 15 is 0 Å². The van der Waals surface area contributed by atoms with Gasteiger partial charge in [-0.1, -0.05) is 13.0 Å². The molecule has 6 heteroatoms. The lowest BCUT2D eigenvalue weighted by Crippen LogP contribution is -2.39. The van der Waals surface area contributed by atoms with Crippen LogP contribution in [0.5, 0.6) is 0 Å². The van der Waals surface area contributed by atoms with Crippen molar-refractivity contribution in [1.82, 2.24) is 4.90 Å². The number of nitrogens with zero attached hydrogens (tertiary/aromatic N) is 1. The summed E-state index contributed by atoms with van der Waals surface area (Å²) in [6.07, 6.45) is 0. The number of hydrogen-bond acceptors (Lipinski definition) is 2. The molecule has 1 rings (SSSR count). The minimum absolute atomic E-state index is 0.104. The molecule has 2 amide bonds. The number of carboxylic acid groups (broad SMARTS) is 1. The number of aliphatic carboxylic acids is 1. The molecule has 1 aromatic carbocycles. The Balaban J connectivity index is 2.66. The number of urea groups is 1. The molecule has 0 spiro atoms. The van der Waals surface area contributed by atoms with Gasteiger partial charge < -0.3 is 15.3 Å². The fraction of sp³-hybridized carbons (Fsp3) is 0.385. The van der Waals surface area contributed by atoms with Gasteiger partial charge in [0.15, 0.2) is 0 Å². The fourth-order valence-corrected chi connectivity index (χ4v) is 1.53. The van der Waals surface area contributed by atoms with Crippen molar-refractivity contribution >= 4 is 17.7 Å². The summed E-state index contributed by atoms with van der Waals surface area (Å²) in [5.41, 5.74) is 0.339. The van der Waals surface area contributed by atoms with Gasteiger partial charge in [-0.3, -0.25) is 4.79 Å². The Morgan fingerprint density at radius 3 is 2.68 bits per heavy atom. The molecule has 0 aromatic heterocycles. The average Bonchev–Trinajstić information content (AvgIpc) is 2.35. The van der Waals surface area contributed by atoms with Gasteiger partial charge in [0.1, 0.15) is 5.82 Å². The van der Waals surface area contributed by atoms with Crippen LogP contribution in [0.25, 0.3) is 0 Å². The highest BCUT2D eigenvalue weighted by Crippen LogP contribution is 2.11. The number of amides is 2. The Bertz CT molecular complexity index is 465. The molecule has 1 atom stereocenters. The van der Waals surface area contributed by atoms with Crippen LogP contribution >= 0.6 is 0 Å². The van der Waals surface area contributed by atoms with Crippen LogP contribution in [0.2, 0.25) is 0 Å². The van der Waals surface area contributed by atoms with Crippen LogP contribution in [-0.2, 0) is 4.79 Å². The predicted octanol–water partition coefficient (Wildman–Crippen LogP) is 2.40. The lowest BCUT2D eigenvalue weighted by Gasteiger charge is -2.23. The maximum absolute atomic E-state index is 13.0. The van der Waals surface area contributed by atoms with E-state index in [1.165, 1.54) is 30.0 Å². The van der Waals surface area contributed by atoms with Gasteiger partial charge in [0, 0.05) is 18.8 Å². The van der Waals surface area contributed by atoms with Gasteiger partial charge in [0.25, 0.3) is 0 Å². The highest BCUT2D eigenvalue weighted by Gasteiger charge is 2.19. The van der Waals surface area contributed by atoms with Crippen molar-refractivity contribution in [1.29, 1.82) is 0 Å². The molecule has 0 radical (unpaired) electrons. The molecule has 2 N–H and O–H groups in total. The first kappa shape index (κ1) is 14.9. The molecule has 0 heterocycles. The van der Waals surface area contributed by atoms with Crippen LogP contribution in [-0.4, -0.2) is 35.1 Å². The minimum atomic E-state index is -0.961. The number of nitrogens with one attached hydrogen (secondary N) is 1. The summed E-state index contributed by atoms with van der Waals surface area (Å²) in [4.78, 5) is 24.0. The van der Waals surface area contributed by atoms with E-state index in [0.717, 1.165) is 0 Å². The second-order valence-electron chi connectivity index (χ2n) is 4.22.